The van der Waals surface area contributed by atoms with Gasteiger partial charge in [0.25, 0.3) is 0 Å². The molecule has 1 rings (SSSR count). The van der Waals surface area contributed by atoms with Crippen molar-refractivity contribution in [3.05, 3.63) is 11.9 Å². The van der Waals surface area contributed by atoms with Crippen molar-refractivity contribution in [3.63, 3.8) is 0 Å². The van der Waals surface area contributed by atoms with Gasteiger partial charge in [0.05, 0.1) is 13.3 Å². The van der Waals surface area contributed by atoms with Crippen LogP contribution in [-0.2, 0) is 11.3 Å². The molecule has 0 amide bonds. The van der Waals surface area contributed by atoms with E-state index in [4.69, 9.17) is 0 Å². The predicted molar refractivity (Wildman–Crippen MR) is 55.4 cm³/mol. The molecular weight excluding hydrogens is 194 g/mol. The Morgan fingerprint density at radius 3 is 3.00 bits per heavy atom. The van der Waals surface area contributed by atoms with Crippen LogP contribution in [-0.4, -0.2) is 28.1 Å². The highest BCUT2D eigenvalue weighted by molar-refractivity contribution is 5.86. The smallest absolute Gasteiger partial charge is 0.360 e. The summed E-state index contributed by atoms with van der Waals surface area (Å²) in [5.74, 6) is 0.103. The van der Waals surface area contributed by atoms with E-state index in [1.807, 2.05) is 0 Å². The summed E-state index contributed by atoms with van der Waals surface area (Å²) in [5.41, 5.74) is 0.265. The lowest BCUT2D eigenvalue weighted by Gasteiger charge is -2.08. The van der Waals surface area contributed by atoms with E-state index >= 15 is 0 Å². The average molecular weight is 211 g/mol. The lowest BCUT2D eigenvalue weighted by Crippen LogP contribution is -2.08. The maximum absolute atomic E-state index is 11.1. The zero-order valence-corrected chi connectivity index (χ0v) is 9.43. The standard InChI is InChI=1S/C10H17N3O2/c1-4-5-8(2)6-13-7-9(11-12-13)10(14)15-3/h7-8H,4-6H2,1-3H3. The molecule has 0 aliphatic rings. The fourth-order valence-corrected chi connectivity index (χ4v) is 1.49. The first-order valence-electron chi connectivity index (χ1n) is 5.15. The molecule has 5 heteroatoms. The number of rotatable bonds is 5. The quantitative estimate of drug-likeness (QED) is 0.692. The van der Waals surface area contributed by atoms with Crippen molar-refractivity contribution in [2.75, 3.05) is 7.11 Å². The van der Waals surface area contributed by atoms with Gasteiger partial charge in [0.15, 0.2) is 5.69 Å². The molecule has 5 nitrogen and oxygen atoms in total. The summed E-state index contributed by atoms with van der Waals surface area (Å²) < 4.78 is 6.23. The molecule has 0 bridgehead atoms. The first-order valence-corrected chi connectivity index (χ1v) is 5.15. The van der Waals surface area contributed by atoms with Crippen LogP contribution in [0.15, 0.2) is 6.20 Å². The Labute approximate surface area is 89.4 Å². The molecule has 1 unspecified atom stereocenters. The summed E-state index contributed by atoms with van der Waals surface area (Å²) in [6.07, 6.45) is 3.92. The number of hydrogen-bond donors (Lipinski definition) is 0. The van der Waals surface area contributed by atoms with Crippen LogP contribution >= 0.6 is 0 Å². The minimum atomic E-state index is -0.440. The maximum atomic E-state index is 11.1. The molecule has 0 aliphatic carbocycles. The number of methoxy groups -OCH3 is 1. The molecule has 1 aromatic rings. The van der Waals surface area contributed by atoms with E-state index in [1.54, 1.807) is 10.9 Å². The van der Waals surface area contributed by atoms with E-state index in [2.05, 4.69) is 28.9 Å². The van der Waals surface area contributed by atoms with Gasteiger partial charge in [0, 0.05) is 6.54 Å². The second kappa shape index (κ2) is 5.48. The van der Waals surface area contributed by atoms with Gasteiger partial charge in [-0.3, -0.25) is 4.68 Å². The molecular formula is C10H17N3O2. The fourth-order valence-electron chi connectivity index (χ4n) is 1.49. The Morgan fingerprint density at radius 1 is 1.67 bits per heavy atom. The molecule has 0 saturated heterocycles. The summed E-state index contributed by atoms with van der Waals surface area (Å²) in [7, 11) is 1.33. The summed E-state index contributed by atoms with van der Waals surface area (Å²) >= 11 is 0. The molecule has 0 radical (unpaired) electrons. The molecule has 84 valence electrons. The maximum Gasteiger partial charge on any atom is 0.360 e. The number of carbonyl (C=O) groups excluding carboxylic acids is 1. The van der Waals surface area contributed by atoms with E-state index in [1.165, 1.54) is 7.11 Å². The Bertz CT molecular complexity index is 322. The van der Waals surface area contributed by atoms with Crippen molar-refractivity contribution in [1.82, 2.24) is 15.0 Å². The molecule has 1 heterocycles. The minimum absolute atomic E-state index is 0.265. The molecule has 15 heavy (non-hydrogen) atoms. The van der Waals surface area contributed by atoms with Crippen LogP contribution in [0.5, 0.6) is 0 Å². The number of ether oxygens (including phenoxy) is 1. The second-order valence-corrected chi connectivity index (χ2v) is 3.71. The van der Waals surface area contributed by atoms with Crippen molar-refractivity contribution >= 4 is 5.97 Å². The van der Waals surface area contributed by atoms with E-state index in [0.717, 1.165) is 19.4 Å². The zero-order chi connectivity index (χ0) is 11.3. The van der Waals surface area contributed by atoms with Crippen LogP contribution in [0.3, 0.4) is 0 Å². The van der Waals surface area contributed by atoms with E-state index in [-0.39, 0.29) is 5.69 Å². The molecule has 0 N–H and O–H groups in total. The van der Waals surface area contributed by atoms with Gasteiger partial charge in [-0.2, -0.15) is 0 Å². The number of nitrogens with zero attached hydrogens (tertiary/aromatic N) is 3. The highest BCUT2D eigenvalue weighted by Crippen LogP contribution is 2.07. The normalized spacial score (nSPS) is 12.5. The van der Waals surface area contributed by atoms with Crippen LogP contribution < -0.4 is 0 Å². The highest BCUT2D eigenvalue weighted by Gasteiger charge is 2.11. The van der Waals surface area contributed by atoms with Crippen LogP contribution in [0, 0.1) is 5.92 Å². The van der Waals surface area contributed by atoms with Gasteiger partial charge in [-0.15, -0.1) is 5.10 Å². The van der Waals surface area contributed by atoms with Gasteiger partial charge in [-0.1, -0.05) is 25.5 Å². The van der Waals surface area contributed by atoms with Gasteiger partial charge >= 0.3 is 5.97 Å². The predicted octanol–water partition coefficient (Wildman–Crippen LogP) is 1.50. The van der Waals surface area contributed by atoms with Crippen molar-refractivity contribution in [3.8, 4) is 0 Å². The van der Waals surface area contributed by atoms with Crippen molar-refractivity contribution < 1.29 is 9.53 Å². The Balaban J connectivity index is 2.56. The summed E-state index contributed by atoms with van der Waals surface area (Å²) in [4.78, 5) is 11.1. The van der Waals surface area contributed by atoms with Gasteiger partial charge in [-0.25, -0.2) is 4.79 Å². The number of aromatic nitrogens is 3. The van der Waals surface area contributed by atoms with Crippen molar-refractivity contribution in [1.29, 1.82) is 0 Å². The number of carbonyl (C=O) groups is 1. The number of hydrogen-bond acceptors (Lipinski definition) is 4. The summed E-state index contributed by atoms with van der Waals surface area (Å²) in [5, 5.41) is 7.61. The van der Waals surface area contributed by atoms with E-state index in [0.29, 0.717) is 5.92 Å². The van der Waals surface area contributed by atoms with Gasteiger partial charge in [0.2, 0.25) is 0 Å². The van der Waals surface area contributed by atoms with Gasteiger partial charge < -0.3 is 4.74 Å². The Hall–Kier alpha value is -1.39. The molecule has 0 fully saturated rings. The monoisotopic (exact) mass is 211 g/mol. The van der Waals surface area contributed by atoms with Crippen LogP contribution in [0.4, 0.5) is 0 Å². The van der Waals surface area contributed by atoms with Gasteiger partial charge in [-0.05, 0) is 12.3 Å². The lowest BCUT2D eigenvalue weighted by atomic mass is 10.1. The minimum Gasteiger partial charge on any atom is -0.464 e. The van der Waals surface area contributed by atoms with E-state index in [9.17, 15) is 4.79 Å². The Kier molecular flexibility index (Phi) is 4.27. The van der Waals surface area contributed by atoms with Crippen LogP contribution in [0.2, 0.25) is 0 Å². The zero-order valence-electron chi connectivity index (χ0n) is 9.43. The summed E-state index contributed by atoms with van der Waals surface area (Å²) in [6.45, 7) is 5.10. The molecule has 0 spiro atoms. The average Bonchev–Trinajstić information content (AvgIpc) is 2.65. The molecule has 0 aromatic carbocycles. The molecule has 0 saturated carbocycles. The fraction of sp³-hybridized carbons (Fsp3) is 0.700. The Morgan fingerprint density at radius 2 is 2.40 bits per heavy atom. The number of esters is 1. The molecule has 1 aromatic heterocycles. The molecule has 1 atom stereocenters. The molecule has 0 aliphatic heterocycles. The van der Waals surface area contributed by atoms with Gasteiger partial charge in [0.1, 0.15) is 0 Å². The third-order valence-electron chi connectivity index (χ3n) is 2.21. The SMILES string of the molecule is CCCC(C)Cn1cc(C(=O)OC)nn1. The third kappa shape index (κ3) is 3.34. The first kappa shape index (κ1) is 11.7. The highest BCUT2D eigenvalue weighted by atomic mass is 16.5. The lowest BCUT2D eigenvalue weighted by molar-refractivity contribution is 0.0594. The van der Waals surface area contributed by atoms with E-state index < -0.39 is 5.97 Å². The first-order chi connectivity index (χ1) is 7.17. The van der Waals surface area contributed by atoms with Crippen molar-refractivity contribution in [2.45, 2.75) is 33.2 Å². The summed E-state index contributed by atoms with van der Waals surface area (Å²) in [6, 6.07) is 0. The van der Waals surface area contributed by atoms with Crippen LogP contribution in [0.25, 0.3) is 0 Å². The largest absolute Gasteiger partial charge is 0.464 e. The van der Waals surface area contributed by atoms with Crippen molar-refractivity contribution in [2.24, 2.45) is 5.92 Å². The third-order valence-corrected chi connectivity index (χ3v) is 2.21. The van der Waals surface area contributed by atoms with Crippen LogP contribution in [0.1, 0.15) is 37.2 Å². The second-order valence-electron chi connectivity index (χ2n) is 3.71. The topological polar surface area (TPSA) is 57.0 Å².